The van der Waals surface area contributed by atoms with Gasteiger partial charge in [-0.3, -0.25) is 0 Å². The number of unbranched alkanes of at least 4 members (excludes halogenated alkanes) is 8. The van der Waals surface area contributed by atoms with Crippen molar-refractivity contribution >= 4 is 12.1 Å². The molecule has 0 spiro atoms. The minimum atomic E-state index is -0.918. The van der Waals surface area contributed by atoms with E-state index >= 15 is 0 Å². The van der Waals surface area contributed by atoms with Crippen molar-refractivity contribution in [1.29, 1.82) is 0 Å². The molecule has 0 heterocycles. The first-order valence-corrected chi connectivity index (χ1v) is 9.11. The van der Waals surface area contributed by atoms with E-state index in [4.69, 9.17) is 14.2 Å². The largest absolute Gasteiger partial charge is 0.509 e. The van der Waals surface area contributed by atoms with Crippen molar-refractivity contribution in [2.45, 2.75) is 91.1 Å². The summed E-state index contributed by atoms with van der Waals surface area (Å²) in [5.41, 5.74) is 0. The molecule has 0 radical (unpaired) electrons. The summed E-state index contributed by atoms with van der Waals surface area (Å²) in [4.78, 5) is 23.0. The Hall–Kier alpha value is -1.26. The van der Waals surface area contributed by atoms with Crippen molar-refractivity contribution in [3.63, 3.8) is 0 Å². The molecule has 0 rings (SSSR count). The number of hydrogen-bond donors (Lipinski definition) is 0. The Morgan fingerprint density at radius 1 is 0.739 bits per heavy atom. The number of hydrogen-bond acceptors (Lipinski definition) is 5. The second-order valence-corrected chi connectivity index (χ2v) is 5.85. The summed E-state index contributed by atoms with van der Waals surface area (Å²) in [7, 11) is 0. The highest BCUT2D eigenvalue weighted by molar-refractivity contribution is 5.76. The Morgan fingerprint density at radius 3 is 1.87 bits per heavy atom. The molecule has 0 bridgehead atoms. The van der Waals surface area contributed by atoms with Crippen LogP contribution in [0.25, 0.3) is 0 Å². The number of carbonyl (C=O) groups excluding carboxylic acids is 2. The van der Waals surface area contributed by atoms with E-state index in [-0.39, 0.29) is 0 Å². The zero-order valence-electron chi connectivity index (χ0n) is 15.1. The van der Waals surface area contributed by atoms with Gasteiger partial charge in [-0.05, 0) is 19.8 Å². The lowest BCUT2D eigenvalue weighted by Gasteiger charge is -2.12. The van der Waals surface area contributed by atoms with Gasteiger partial charge in [-0.15, -0.1) is 0 Å². The van der Waals surface area contributed by atoms with Gasteiger partial charge in [-0.1, -0.05) is 65.2 Å². The highest BCUT2D eigenvalue weighted by Crippen LogP contribution is 2.08. The van der Waals surface area contributed by atoms with E-state index in [0.717, 1.165) is 25.7 Å². The molecular formula is C18H34O5. The topological polar surface area (TPSA) is 61.8 Å². The first-order valence-electron chi connectivity index (χ1n) is 9.11. The summed E-state index contributed by atoms with van der Waals surface area (Å²) in [6, 6.07) is 0. The Morgan fingerprint density at radius 2 is 1.26 bits per heavy atom. The quantitative estimate of drug-likeness (QED) is 0.331. The molecule has 0 aliphatic heterocycles. The Balaban J connectivity index is 3.52. The average molecular weight is 330 g/mol. The normalized spacial score (nSPS) is 11.8. The smallest absolute Gasteiger partial charge is 0.463 e. The maximum absolute atomic E-state index is 11.7. The predicted molar refractivity (Wildman–Crippen MR) is 90.4 cm³/mol. The molecule has 5 nitrogen and oxygen atoms in total. The van der Waals surface area contributed by atoms with Crippen LogP contribution in [0, 0.1) is 0 Å². The van der Waals surface area contributed by atoms with Crippen LogP contribution in [0.5, 0.6) is 0 Å². The van der Waals surface area contributed by atoms with E-state index in [0.29, 0.717) is 13.2 Å². The molecule has 0 amide bonds. The minimum absolute atomic E-state index is 0.315. The molecule has 23 heavy (non-hydrogen) atoms. The van der Waals surface area contributed by atoms with Crippen molar-refractivity contribution in [1.82, 2.24) is 0 Å². The van der Waals surface area contributed by atoms with Crippen LogP contribution in [0.2, 0.25) is 0 Å². The molecule has 0 aromatic heterocycles. The molecule has 0 fully saturated rings. The first-order chi connectivity index (χ1) is 11.1. The Kier molecular flexibility index (Phi) is 14.8. The molecule has 0 saturated heterocycles. The molecule has 0 aliphatic rings. The van der Waals surface area contributed by atoms with Crippen LogP contribution in [0.1, 0.15) is 85.0 Å². The average Bonchev–Trinajstić information content (AvgIpc) is 2.53. The standard InChI is InChI=1S/C18H34O5/c1-4-6-8-9-10-11-12-13-15-21-17(19)16(3)23-18(20)22-14-7-5-2/h16H,4-15H2,1-3H3. The lowest BCUT2D eigenvalue weighted by molar-refractivity contribution is -0.154. The fourth-order valence-corrected chi connectivity index (χ4v) is 2.05. The molecule has 5 heteroatoms. The van der Waals surface area contributed by atoms with Gasteiger partial charge in [0.25, 0.3) is 0 Å². The van der Waals surface area contributed by atoms with Crippen molar-refractivity contribution in [2.24, 2.45) is 0 Å². The van der Waals surface area contributed by atoms with E-state index in [1.807, 2.05) is 6.92 Å². The Labute approximate surface area is 141 Å². The Bertz CT molecular complexity index is 304. The van der Waals surface area contributed by atoms with Crippen molar-refractivity contribution in [3.05, 3.63) is 0 Å². The maximum atomic E-state index is 11.7. The minimum Gasteiger partial charge on any atom is -0.463 e. The molecule has 1 unspecified atom stereocenters. The molecule has 0 aromatic rings. The summed E-state index contributed by atoms with van der Waals surface area (Å²) in [5.74, 6) is -0.514. The van der Waals surface area contributed by atoms with Gasteiger partial charge in [0.2, 0.25) is 0 Å². The van der Waals surface area contributed by atoms with Crippen LogP contribution >= 0.6 is 0 Å². The van der Waals surface area contributed by atoms with Crippen molar-refractivity contribution in [2.75, 3.05) is 13.2 Å². The fourth-order valence-electron chi connectivity index (χ4n) is 2.05. The van der Waals surface area contributed by atoms with Gasteiger partial charge >= 0.3 is 12.1 Å². The molecule has 1 atom stereocenters. The van der Waals surface area contributed by atoms with E-state index in [1.165, 1.54) is 45.4 Å². The van der Waals surface area contributed by atoms with Gasteiger partial charge in [0, 0.05) is 0 Å². The zero-order chi connectivity index (χ0) is 17.3. The maximum Gasteiger partial charge on any atom is 0.509 e. The predicted octanol–water partition coefficient (Wildman–Crippen LogP) is 5.01. The highest BCUT2D eigenvalue weighted by Gasteiger charge is 2.19. The monoisotopic (exact) mass is 330 g/mol. The van der Waals surface area contributed by atoms with Crippen molar-refractivity contribution in [3.8, 4) is 0 Å². The van der Waals surface area contributed by atoms with Gasteiger partial charge < -0.3 is 14.2 Å². The van der Waals surface area contributed by atoms with E-state index in [2.05, 4.69) is 6.92 Å². The van der Waals surface area contributed by atoms with E-state index < -0.39 is 18.2 Å². The van der Waals surface area contributed by atoms with Gasteiger partial charge in [0.15, 0.2) is 6.10 Å². The lowest BCUT2D eigenvalue weighted by Crippen LogP contribution is -2.27. The third-order valence-corrected chi connectivity index (χ3v) is 3.56. The summed E-state index contributed by atoms with van der Waals surface area (Å²) >= 11 is 0. The van der Waals surface area contributed by atoms with Crippen molar-refractivity contribution < 1.29 is 23.8 Å². The van der Waals surface area contributed by atoms with Crippen LogP contribution in [0.4, 0.5) is 4.79 Å². The number of ether oxygens (including phenoxy) is 3. The summed E-state index contributed by atoms with van der Waals surface area (Å²) in [5, 5.41) is 0. The van der Waals surface area contributed by atoms with E-state index in [9.17, 15) is 9.59 Å². The molecular weight excluding hydrogens is 296 g/mol. The number of carbonyl (C=O) groups is 2. The highest BCUT2D eigenvalue weighted by atomic mass is 16.7. The van der Waals surface area contributed by atoms with Gasteiger partial charge in [-0.2, -0.15) is 0 Å². The van der Waals surface area contributed by atoms with Crippen LogP contribution in [0.15, 0.2) is 0 Å². The SMILES string of the molecule is CCCCCCCCCCOC(=O)C(C)OC(=O)OCCCC. The third kappa shape index (κ3) is 14.1. The molecule has 0 aliphatic carbocycles. The fraction of sp³-hybridized carbons (Fsp3) is 0.889. The van der Waals surface area contributed by atoms with Crippen LogP contribution < -0.4 is 0 Å². The van der Waals surface area contributed by atoms with Gasteiger partial charge in [0.1, 0.15) is 0 Å². The lowest BCUT2D eigenvalue weighted by atomic mass is 10.1. The summed E-state index contributed by atoms with van der Waals surface area (Å²) in [6.07, 6.45) is 9.52. The number of esters is 1. The third-order valence-electron chi connectivity index (χ3n) is 3.56. The van der Waals surface area contributed by atoms with Gasteiger partial charge in [-0.25, -0.2) is 9.59 Å². The first kappa shape index (κ1) is 21.7. The molecule has 0 aromatic carbocycles. The summed E-state index contributed by atoms with van der Waals surface area (Å²) < 4.78 is 14.8. The molecule has 0 N–H and O–H groups in total. The summed E-state index contributed by atoms with van der Waals surface area (Å²) in [6.45, 7) is 6.41. The van der Waals surface area contributed by atoms with Crippen LogP contribution in [-0.2, 0) is 19.0 Å². The van der Waals surface area contributed by atoms with Crippen LogP contribution in [0.3, 0.4) is 0 Å². The second kappa shape index (κ2) is 15.6. The van der Waals surface area contributed by atoms with Crippen LogP contribution in [-0.4, -0.2) is 31.4 Å². The number of rotatable bonds is 14. The second-order valence-electron chi connectivity index (χ2n) is 5.85. The van der Waals surface area contributed by atoms with Gasteiger partial charge in [0.05, 0.1) is 13.2 Å². The molecule has 136 valence electrons. The molecule has 0 saturated carbocycles. The van der Waals surface area contributed by atoms with E-state index in [1.54, 1.807) is 0 Å². The zero-order valence-corrected chi connectivity index (χ0v) is 15.1.